The first-order valence-corrected chi connectivity index (χ1v) is 5.76. The van der Waals surface area contributed by atoms with Gasteiger partial charge in [0.1, 0.15) is 4.99 Å². The maximum Gasteiger partial charge on any atom is 0.106 e. The summed E-state index contributed by atoms with van der Waals surface area (Å²) in [6, 6.07) is 1.88. The predicted molar refractivity (Wildman–Crippen MR) is 69.8 cm³/mol. The number of anilines is 1. The summed E-state index contributed by atoms with van der Waals surface area (Å²) < 4.78 is 0. The molecule has 1 saturated heterocycles. The number of likely N-dealkylation sites (N-methyl/N-ethyl adjacent to an activating group) is 1. The van der Waals surface area contributed by atoms with Crippen LogP contribution in [0.3, 0.4) is 0 Å². The molecule has 0 amide bonds. The first-order valence-electron chi connectivity index (χ1n) is 5.36. The number of nitrogens with zero attached hydrogens (tertiary/aromatic N) is 3. The van der Waals surface area contributed by atoms with Crippen LogP contribution in [0.15, 0.2) is 18.5 Å². The number of piperazine rings is 1. The first kappa shape index (κ1) is 11.3. The first-order chi connectivity index (χ1) is 7.68. The van der Waals surface area contributed by atoms with Gasteiger partial charge in [0.05, 0.1) is 11.9 Å². The quantitative estimate of drug-likeness (QED) is 0.756. The summed E-state index contributed by atoms with van der Waals surface area (Å²) in [6.07, 6.45) is 3.58. The van der Waals surface area contributed by atoms with Gasteiger partial charge in [-0.05, 0) is 13.1 Å². The average molecular weight is 236 g/mol. The van der Waals surface area contributed by atoms with Crippen LogP contribution in [0, 0.1) is 0 Å². The minimum atomic E-state index is 0.441. The molecule has 86 valence electrons. The molecule has 0 unspecified atom stereocenters. The summed E-state index contributed by atoms with van der Waals surface area (Å²) in [5.41, 5.74) is 7.70. The fraction of sp³-hybridized carbons (Fsp3) is 0.455. The van der Waals surface area contributed by atoms with Gasteiger partial charge in [-0.3, -0.25) is 4.98 Å². The molecular formula is C11H16N4S. The zero-order valence-electron chi connectivity index (χ0n) is 9.39. The molecule has 2 rings (SSSR count). The van der Waals surface area contributed by atoms with E-state index in [-0.39, 0.29) is 0 Å². The molecule has 0 bridgehead atoms. The van der Waals surface area contributed by atoms with Crippen molar-refractivity contribution in [2.24, 2.45) is 5.73 Å². The number of thiocarbonyl (C=S) groups is 1. The van der Waals surface area contributed by atoms with E-state index in [1.54, 1.807) is 6.20 Å². The molecule has 1 aromatic heterocycles. The summed E-state index contributed by atoms with van der Waals surface area (Å²) in [4.78, 5) is 9.20. The number of hydrogen-bond donors (Lipinski definition) is 1. The minimum Gasteiger partial charge on any atom is -0.389 e. The molecule has 1 aromatic rings. The second-order valence-corrected chi connectivity index (χ2v) is 4.49. The Kier molecular flexibility index (Phi) is 3.36. The molecule has 16 heavy (non-hydrogen) atoms. The van der Waals surface area contributed by atoms with E-state index in [1.807, 2.05) is 12.3 Å². The largest absolute Gasteiger partial charge is 0.389 e. The van der Waals surface area contributed by atoms with Gasteiger partial charge in [-0.1, -0.05) is 12.2 Å². The maximum absolute atomic E-state index is 5.72. The highest BCUT2D eigenvalue weighted by Gasteiger charge is 2.17. The highest BCUT2D eigenvalue weighted by atomic mass is 32.1. The summed E-state index contributed by atoms with van der Waals surface area (Å²) in [5.74, 6) is 0. The van der Waals surface area contributed by atoms with Gasteiger partial charge in [0.15, 0.2) is 0 Å². The highest BCUT2D eigenvalue weighted by molar-refractivity contribution is 7.80. The lowest BCUT2D eigenvalue weighted by Gasteiger charge is -2.34. The van der Waals surface area contributed by atoms with Crippen LogP contribution in [0.2, 0.25) is 0 Å². The Morgan fingerprint density at radius 1 is 1.38 bits per heavy atom. The van der Waals surface area contributed by atoms with Gasteiger partial charge in [-0.2, -0.15) is 0 Å². The SMILES string of the molecule is CN1CCN(c2cnccc2C(N)=S)CC1. The van der Waals surface area contributed by atoms with Gasteiger partial charge in [0, 0.05) is 37.9 Å². The number of hydrogen-bond acceptors (Lipinski definition) is 4. The van der Waals surface area contributed by atoms with Crippen molar-refractivity contribution in [3.63, 3.8) is 0 Å². The average Bonchev–Trinajstić information content (AvgIpc) is 2.30. The van der Waals surface area contributed by atoms with Crippen LogP contribution in [-0.4, -0.2) is 48.1 Å². The van der Waals surface area contributed by atoms with E-state index in [4.69, 9.17) is 18.0 Å². The monoisotopic (exact) mass is 236 g/mol. The van der Waals surface area contributed by atoms with Crippen molar-refractivity contribution in [3.05, 3.63) is 24.0 Å². The van der Waals surface area contributed by atoms with E-state index in [0.717, 1.165) is 37.4 Å². The zero-order chi connectivity index (χ0) is 11.5. The van der Waals surface area contributed by atoms with Gasteiger partial charge >= 0.3 is 0 Å². The standard InChI is InChI=1S/C11H16N4S/c1-14-4-6-15(7-5-14)10-8-13-3-2-9(10)11(12)16/h2-3,8H,4-7H2,1H3,(H2,12,16). The lowest BCUT2D eigenvalue weighted by atomic mass is 10.2. The highest BCUT2D eigenvalue weighted by Crippen LogP contribution is 2.20. The summed E-state index contributed by atoms with van der Waals surface area (Å²) in [7, 11) is 2.13. The number of rotatable bonds is 2. The van der Waals surface area contributed by atoms with E-state index in [0.29, 0.717) is 4.99 Å². The van der Waals surface area contributed by atoms with E-state index < -0.39 is 0 Å². The molecule has 1 fully saturated rings. The van der Waals surface area contributed by atoms with Gasteiger partial charge in [0.2, 0.25) is 0 Å². The van der Waals surface area contributed by atoms with Gasteiger partial charge in [0.25, 0.3) is 0 Å². The van der Waals surface area contributed by atoms with Crippen LogP contribution in [0.1, 0.15) is 5.56 Å². The molecule has 1 aliphatic heterocycles. The van der Waals surface area contributed by atoms with Gasteiger partial charge in [-0.25, -0.2) is 0 Å². The van der Waals surface area contributed by atoms with Crippen molar-refractivity contribution in [3.8, 4) is 0 Å². The molecule has 0 radical (unpaired) electrons. The van der Waals surface area contributed by atoms with Crippen LogP contribution < -0.4 is 10.6 Å². The molecule has 2 N–H and O–H groups in total. The van der Waals surface area contributed by atoms with Crippen molar-refractivity contribution in [1.82, 2.24) is 9.88 Å². The molecule has 1 aliphatic rings. The smallest absolute Gasteiger partial charge is 0.106 e. The lowest BCUT2D eigenvalue weighted by molar-refractivity contribution is 0.312. The van der Waals surface area contributed by atoms with E-state index >= 15 is 0 Å². The fourth-order valence-electron chi connectivity index (χ4n) is 1.89. The molecule has 2 heterocycles. The fourth-order valence-corrected chi connectivity index (χ4v) is 2.07. The molecule has 0 aliphatic carbocycles. The lowest BCUT2D eigenvalue weighted by Crippen LogP contribution is -2.45. The summed E-state index contributed by atoms with van der Waals surface area (Å²) >= 11 is 5.05. The van der Waals surface area contributed by atoms with Gasteiger partial charge < -0.3 is 15.5 Å². The molecule has 5 heteroatoms. The molecule has 0 atom stereocenters. The Morgan fingerprint density at radius 2 is 2.06 bits per heavy atom. The summed E-state index contributed by atoms with van der Waals surface area (Å²) in [5, 5.41) is 0. The third-order valence-corrected chi connectivity index (χ3v) is 3.13. The van der Waals surface area contributed by atoms with Gasteiger partial charge in [-0.15, -0.1) is 0 Å². The third-order valence-electron chi connectivity index (χ3n) is 2.91. The van der Waals surface area contributed by atoms with Crippen molar-refractivity contribution in [1.29, 1.82) is 0 Å². The topological polar surface area (TPSA) is 45.4 Å². The van der Waals surface area contributed by atoms with E-state index in [1.165, 1.54) is 0 Å². The normalized spacial score (nSPS) is 17.4. The van der Waals surface area contributed by atoms with E-state index in [9.17, 15) is 0 Å². The van der Waals surface area contributed by atoms with Crippen molar-refractivity contribution < 1.29 is 0 Å². The second-order valence-electron chi connectivity index (χ2n) is 4.05. The van der Waals surface area contributed by atoms with Crippen molar-refractivity contribution in [2.45, 2.75) is 0 Å². The number of nitrogens with two attached hydrogens (primary N) is 1. The predicted octanol–water partition coefficient (Wildman–Crippen LogP) is 0.468. The number of pyridine rings is 1. The van der Waals surface area contributed by atoms with Crippen molar-refractivity contribution in [2.75, 3.05) is 38.1 Å². The Balaban J connectivity index is 2.23. The Hall–Kier alpha value is -1.20. The number of aromatic nitrogens is 1. The van der Waals surface area contributed by atoms with E-state index in [2.05, 4.69) is 21.8 Å². The Bertz CT molecular complexity index is 385. The van der Waals surface area contributed by atoms with Crippen LogP contribution in [-0.2, 0) is 0 Å². The molecule has 0 spiro atoms. The molecule has 4 nitrogen and oxygen atoms in total. The Labute approximate surface area is 101 Å². The minimum absolute atomic E-state index is 0.441. The second kappa shape index (κ2) is 4.76. The van der Waals surface area contributed by atoms with Crippen molar-refractivity contribution >= 4 is 22.9 Å². The molecular weight excluding hydrogens is 220 g/mol. The zero-order valence-corrected chi connectivity index (χ0v) is 10.2. The maximum atomic E-state index is 5.72. The van der Waals surface area contributed by atoms with Crippen LogP contribution >= 0.6 is 12.2 Å². The molecule has 0 saturated carbocycles. The third kappa shape index (κ3) is 2.31. The van der Waals surface area contributed by atoms with Crippen LogP contribution in [0.5, 0.6) is 0 Å². The van der Waals surface area contributed by atoms with Crippen LogP contribution in [0.4, 0.5) is 5.69 Å². The summed E-state index contributed by atoms with van der Waals surface area (Å²) in [6.45, 7) is 4.12. The molecule has 0 aromatic carbocycles. The Morgan fingerprint density at radius 3 is 2.69 bits per heavy atom. The van der Waals surface area contributed by atoms with Crippen LogP contribution in [0.25, 0.3) is 0 Å².